The van der Waals surface area contributed by atoms with Crippen molar-refractivity contribution >= 4 is 5.69 Å². The number of benzene rings is 1. The van der Waals surface area contributed by atoms with Crippen molar-refractivity contribution in [1.82, 2.24) is 0 Å². The summed E-state index contributed by atoms with van der Waals surface area (Å²) in [4.78, 5) is 0. The van der Waals surface area contributed by atoms with Crippen LogP contribution in [0, 0.1) is 0 Å². The molecule has 0 aromatic heterocycles. The average molecular weight is 135 g/mol. The summed E-state index contributed by atoms with van der Waals surface area (Å²) < 4.78 is 0. The molecule has 0 bridgehead atoms. The number of nitrogens with one attached hydrogen (secondary N) is 1. The Balaban J connectivity index is 2.78. The van der Waals surface area contributed by atoms with E-state index < -0.39 is 0 Å². The highest BCUT2D eigenvalue weighted by atomic mass is 16.3. The summed E-state index contributed by atoms with van der Waals surface area (Å²) in [6, 6.07) is 6.78. The molecule has 1 aromatic carbocycles. The maximum Gasteiger partial charge on any atom is 0.115 e. The summed E-state index contributed by atoms with van der Waals surface area (Å²) in [5.74, 6) is 0.273. The van der Waals surface area contributed by atoms with Gasteiger partial charge >= 0.3 is 0 Å². The molecular weight excluding hydrogens is 126 g/mol. The lowest BCUT2D eigenvalue weighted by Crippen LogP contribution is -1.83. The number of phenols is 1. The molecule has 0 atom stereocenters. The molecule has 0 aliphatic heterocycles. The van der Waals surface area contributed by atoms with Crippen LogP contribution in [0.4, 0.5) is 5.69 Å². The molecule has 0 fully saturated rings. The van der Waals surface area contributed by atoms with Gasteiger partial charge in [0.05, 0.1) is 0 Å². The lowest BCUT2D eigenvalue weighted by molar-refractivity contribution is 0.475. The van der Waals surface area contributed by atoms with Gasteiger partial charge in [0.1, 0.15) is 5.75 Å². The van der Waals surface area contributed by atoms with Crippen molar-refractivity contribution in [2.75, 3.05) is 5.32 Å². The number of anilines is 1. The van der Waals surface area contributed by atoms with E-state index in [1.54, 1.807) is 30.5 Å². The zero-order valence-electron chi connectivity index (χ0n) is 5.54. The highest BCUT2D eigenvalue weighted by Gasteiger charge is 1.86. The largest absolute Gasteiger partial charge is 0.508 e. The van der Waals surface area contributed by atoms with E-state index in [1.807, 2.05) is 0 Å². The van der Waals surface area contributed by atoms with Crippen molar-refractivity contribution in [2.45, 2.75) is 0 Å². The molecule has 0 spiro atoms. The molecule has 0 radical (unpaired) electrons. The Labute approximate surface area is 59.8 Å². The monoisotopic (exact) mass is 135 g/mol. The summed E-state index contributed by atoms with van der Waals surface area (Å²) in [6.45, 7) is 3.50. The fourth-order valence-corrected chi connectivity index (χ4v) is 0.676. The maximum atomic E-state index is 8.87. The third kappa shape index (κ3) is 1.52. The Bertz CT molecular complexity index is 215. The van der Waals surface area contributed by atoms with Gasteiger partial charge in [0.15, 0.2) is 0 Å². The number of phenolic OH excluding ortho intramolecular Hbond substituents is 1. The van der Waals surface area contributed by atoms with Gasteiger partial charge in [0, 0.05) is 5.69 Å². The van der Waals surface area contributed by atoms with E-state index in [0.29, 0.717) is 0 Å². The van der Waals surface area contributed by atoms with Crippen LogP contribution in [0.15, 0.2) is 37.0 Å². The van der Waals surface area contributed by atoms with E-state index in [1.165, 1.54) is 0 Å². The lowest BCUT2D eigenvalue weighted by Gasteiger charge is -1.97. The Morgan fingerprint density at radius 2 is 1.90 bits per heavy atom. The molecule has 2 heteroatoms. The minimum Gasteiger partial charge on any atom is -0.508 e. The molecule has 1 rings (SSSR count). The van der Waals surface area contributed by atoms with Gasteiger partial charge in [-0.05, 0) is 30.5 Å². The molecule has 0 amide bonds. The van der Waals surface area contributed by atoms with Crippen LogP contribution in [0.2, 0.25) is 0 Å². The van der Waals surface area contributed by atoms with Crippen molar-refractivity contribution in [2.24, 2.45) is 0 Å². The van der Waals surface area contributed by atoms with Crippen molar-refractivity contribution in [3.05, 3.63) is 37.0 Å². The first-order valence-electron chi connectivity index (χ1n) is 2.99. The molecule has 0 unspecified atom stereocenters. The summed E-state index contributed by atoms with van der Waals surface area (Å²) in [5, 5.41) is 11.8. The third-order valence-corrected chi connectivity index (χ3v) is 1.14. The second-order valence-electron chi connectivity index (χ2n) is 1.90. The van der Waals surface area contributed by atoms with E-state index in [4.69, 9.17) is 5.11 Å². The highest BCUT2D eigenvalue weighted by Crippen LogP contribution is 2.12. The van der Waals surface area contributed by atoms with E-state index >= 15 is 0 Å². The van der Waals surface area contributed by atoms with Gasteiger partial charge in [-0.2, -0.15) is 0 Å². The number of hydrogen-bond acceptors (Lipinski definition) is 2. The van der Waals surface area contributed by atoms with Crippen LogP contribution in [0.25, 0.3) is 0 Å². The molecule has 52 valence electrons. The predicted octanol–water partition coefficient (Wildman–Crippen LogP) is 1.95. The average Bonchev–Trinajstić information content (AvgIpc) is 1.95. The number of aromatic hydroxyl groups is 1. The predicted molar refractivity (Wildman–Crippen MR) is 41.9 cm³/mol. The third-order valence-electron chi connectivity index (χ3n) is 1.14. The van der Waals surface area contributed by atoms with Crippen LogP contribution in [0.1, 0.15) is 0 Å². The first-order chi connectivity index (χ1) is 4.83. The molecule has 0 saturated carbocycles. The van der Waals surface area contributed by atoms with Crippen LogP contribution in [0.5, 0.6) is 5.75 Å². The number of hydrogen-bond donors (Lipinski definition) is 2. The summed E-state index contributed by atoms with van der Waals surface area (Å²) >= 11 is 0. The first kappa shape index (κ1) is 6.68. The molecule has 0 heterocycles. The summed E-state index contributed by atoms with van der Waals surface area (Å²) in [5.41, 5.74) is 0.924. The Kier molecular flexibility index (Phi) is 1.95. The molecule has 10 heavy (non-hydrogen) atoms. The van der Waals surface area contributed by atoms with Gasteiger partial charge in [0.2, 0.25) is 0 Å². The topological polar surface area (TPSA) is 32.3 Å². The second kappa shape index (κ2) is 2.92. The summed E-state index contributed by atoms with van der Waals surface area (Å²) in [6.07, 6.45) is 1.59. The van der Waals surface area contributed by atoms with Gasteiger partial charge in [-0.25, -0.2) is 0 Å². The van der Waals surface area contributed by atoms with Crippen molar-refractivity contribution < 1.29 is 5.11 Å². The van der Waals surface area contributed by atoms with Crippen LogP contribution in [-0.4, -0.2) is 5.11 Å². The van der Waals surface area contributed by atoms with Crippen LogP contribution in [-0.2, 0) is 0 Å². The van der Waals surface area contributed by atoms with Gasteiger partial charge in [-0.3, -0.25) is 0 Å². The number of rotatable bonds is 2. The van der Waals surface area contributed by atoms with E-state index in [2.05, 4.69) is 11.9 Å². The second-order valence-corrected chi connectivity index (χ2v) is 1.90. The Morgan fingerprint density at radius 1 is 1.30 bits per heavy atom. The van der Waals surface area contributed by atoms with Gasteiger partial charge in [-0.15, -0.1) is 0 Å². The maximum absolute atomic E-state index is 8.87. The molecule has 2 N–H and O–H groups in total. The molecule has 0 aliphatic carbocycles. The Hall–Kier alpha value is -1.44. The fourth-order valence-electron chi connectivity index (χ4n) is 0.676. The van der Waals surface area contributed by atoms with Gasteiger partial charge in [0.25, 0.3) is 0 Å². The minimum atomic E-state index is 0.273. The lowest BCUT2D eigenvalue weighted by atomic mass is 10.3. The minimum absolute atomic E-state index is 0.273. The van der Waals surface area contributed by atoms with Crippen LogP contribution in [0.3, 0.4) is 0 Å². The quantitative estimate of drug-likeness (QED) is 0.607. The van der Waals surface area contributed by atoms with Gasteiger partial charge in [-0.1, -0.05) is 6.58 Å². The fraction of sp³-hybridized carbons (Fsp3) is 0. The molecular formula is C8H9NO. The highest BCUT2D eigenvalue weighted by molar-refractivity contribution is 5.47. The SMILES string of the molecule is C=CNc1ccc(O)cc1. The molecule has 1 aromatic rings. The normalized spacial score (nSPS) is 8.80. The van der Waals surface area contributed by atoms with Crippen molar-refractivity contribution in [3.8, 4) is 5.75 Å². The van der Waals surface area contributed by atoms with Crippen molar-refractivity contribution in [1.29, 1.82) is 0 Å². The smallest absolute Gasteiger partial charge is 0.115 e. The van der Waals surface area contributed by atoms with E-state index in [-0.39, 0.29) is 5.75 Å². The van der Waals surface area contributed by atoms with E-state index in [0.717, 1.165) is 5.69 Å². The first-order valence-corrected chi connectivity index (χ1v) is 2.99. The molecule has 0 aliphatic rings. The van der Waals surface area contributed by atoms with Crippen molar-refractivity contribution in [3.63, 3.8) is 0 Å². The molecule has 0 saturated heterocycles. The van der Waals surface area contributed by atoms with Gasteiger partial charge < -0.3 is 10.4 Å². The standard InChI is InChI=1S/C8H9NO/c1-2-9-7-3-5-8(10)6-4-7/h2-6,9-10H,1H2. The van der Waals surface area contributed by atoms with E-state index in [9.17, 15) is 0 Å². The summed E-state index contributed by atoms with van der Waals surface area (Å²) in [7, 11) is 0. The Morgan fingerprint density at radius 3 is 2.40 bits per heavy atom. The molecule has 2 nitrogen and oxygen atoms in total. The zero-order valence-corrected chi connectivity index (χ0v) is 5.54. The van der Waals surface area contributed by atoms with Crippen LogP contribution >= 0.6 is 0 Å². The van der Waals surface area contributed by atoms with Crippen LogP contribution < -0.4 is 5.32 Å². The zero-order chi connectivity index (χ0) is 7.40.